The lowest BCUT2D eigenvalue weighted by molar-refractivity contribution is 0.0743. The Morgan fingerprint density at radius 2 is 1.77 bits per heavy atom. The Morgan fingerprint density at radius 1 is 1.03 bits per heavy atom. The van der Waals surface area contributed by atoms with Gasteiger partial charge in [-0.3, -0.25) is 19.1 Å². The van der Waals surface area contributed by atoms with E-state index in [1.54, 1.807) is 41.4 Å². The van der Waals surface area contributed by atoms with Gasteiger partial charge in [-0.15, -0.1) is 0 Å². The second-order valence-electron chi connectivity index (χ2n) is 6.98. The summed E-state index contributed by atoms with van der Waals surface area (Å²) in [7, 11) is 0. The van der Waals surface area contributed by atoms with Crippen molar-refractivity contribution in [2.24, 2.45) is 0 Å². The molecule has 0 bridgehead atoms. The molecule has 30 heavy (non-hydrogen) atoms. The molecule has 8 nitrogen and oxygen atoms in total. The van der Waals surface area contributed by atoms with Crippen LogP contribution in [-0.4, -0.2) is 51.5 Å². The first-order chi connectivity index (χ1) is 14.5. The van der Waals surface area contributed by atoms with Gasteiger partial charge in [0.1, 0.15) is 11.4 Å². The van der Waals surface area contributed by atoms with Gasteiger partial charge in [-0.25, -0.2) is 9.18 Å². The average molecular weight is 409 g/mol. The predicted molar refractivity (Wildman–Crippen MR) is 109 cm³/mol. The zero-order valence-corrected chi connectivity index (χ0v) is 16.1. The average Bonchev–Trinajstić information content (AvgIpc) is 2.78. The van der Waals surface area contributed by atoms with Crippen molar-refractivity contribution < 1.29 is 9.18 Å². The van der Waals surface area contributed by atoms with E-state index < -0.39 is 17.2 Å². The molecule has 0 atom stereocenters. The lowest BCUT2D eigenvalue weighted by Gasteiger charge is -2.36. The molecule has 1 fully saturated rings. The number of nitrogens with zero attached hydrogens (tertiary/aromatic N) is 4. The highest BCUT2D eigenvalue weighted by atomic mass is 19.1. The summed E-state index contributed by atoms with van der Waals surface area (Å²) in [6.07, 6.45) is 2.75. The molecule has 1 saturated heterocycles. The zero-order chi connectivity index (χ0) is 21.1. The third-order valence-electron chi connectivity index (χ3n) is 5.10. The fourth-order valence-corrected chi connectivity index (χ4v) is 3.45. The fraction of sp³-hybridized carbons (Fsp3) is 0.238. The van der Waals surface area contributed by atoms with E-state index in [0.717, 1.165) is 10.3 Å². The van der Waals surface area contributed by atoms with Gasteiger partial charge < -0.3 is 14.8 Å². The van der Waals surface area contributed by atoms with Crippen molar-refractivity contribution in [1.82, 2.24) is 19.4 Å². The molecule has 3 heterocycles. The van der Waals surface area contributed by atoms with Gasteiger partial charge in [0.05, 0.1) is 12.2 Å². The number of aromatic amines is 1. The van der Waals surface area contributed by atoms with Crippen molar-refractivity contribution in [1.29, 1.82) is 0 Å². The number of halogens is 1. The minimum absolute atomic E-state index is 0.0194. The summed E-state index contributed by atoms with van der Waals surface area (Å²) in [4.78, 5) is 48.1. The molecule has 1 aliphatic rings. The quantitative estimate of drug-likeness (QED) is 0.696. The maximum Gasteiger partial charge on any atom is 0.328 e. The Kier molecular flexibility index (Phi) is 5.42. The molecule has 154 valence electrons. The summed E-state index contributed by atoms with van der Waals surface area (Å²) in [6, 6.07) is 11.4. The minimum atomic E-state index is -0.643. The standard InChI is InChI=1S/C21H20FN5O3/c22-15-4-6-17(7-5-15)25-9-11-26(12-10-25)19(28)18-13-24-21(30)27(20(18)29)14-16-3-1-2-8-23-16/h1-8,13H,9-12,14H2,(H,24,30). The molecule has 0 aliphatic carbocycles. The van der Waals surface area contributed by atoms with E-state index in [2.05, 4.69) is 14.9 Å². The van der Waals surface area contributed by atoms with Crippen molar-refractivity contribution in [3.8, 4) is 0 Å². The molecule has 0 spiro atoms. The summed E-state index contributed by atoms with van der Waals surface area (Å²) in [5.41, 5.74) is 0.104. The highest BCUT2D eigenvalue weighted by Gasteiger charge is 2.25. The molecular weight excluding hydrogens is 389 g/mol. The Morgan fingerprint density at radius 3 is 2.43 bits per heavy atom. The highest BCUT2D eigenvalue weighted by molar-refractivity contribution is 5.93. The van der Waals surface area contributed by atoms with E-state index in [1.165, 1.54) is 18.3 Å². The van der Waals surface area contributed by atoms with Crippen LogP contribution in [0.25, 0.3) is 0 Å². The summed E-state index contributed by atoms with van der Waals surface area (Å²) in [5, 5.41) is 0. The maximum atomic E-state index is 13.1. The van der Waals surface area contributed by atoms with Crippen LogP contribution in [0.15, 0.2) is 64.4 Å². The number of amides is 1. The summed E-state index contributed by atoms with van der Waals surface area (Å²) in [5.74, 6) is -0.725. The van der Waals surface area contributed by atoms with Crippen LogP contribution in [0.2, 0.25) is 0 Å². The number of nitrogens with one attached hydrogen (secondary N) is 1. The van der Waals surface area contributed by atoms with E-state index in [4.69, 9.17) is 0 Å². The van der Waals surface area contributed by atoms with Gasteiger partial charge in [-0.05, 0) is 36.4 Å². The van der Waals surface area contributed by atoms with Crippen LogP contribution in [0.4, 0.5) is 10.1 Å². The van der Waals surface area contributed by atoms with Crippen LogP contribution in [0.1, 0.15) is 16.1 Å². The molecule has 9 heteroatoms. The van der Waals surface area contributed by atoms with Crippen LogP contribution < -0.4 is 16.1 Å². The van der Waals surface area contributed by atoms with Gasteiger partial charge in [-0.1, -0.05) is 6.07 Å². The van der Waals surface area contributed by atoms with E-state index in [9.17, 15) is 18.8 Å². The topological polar surface area (TPSA) is 91.3 Å². The molecule has 2 aromatic heterocycles. The number of rotatable bonds is 4. The van der Waals surface area contributed by atoms with Gasteiger partial charge in [0.15, 0.2) is 0 Å². The predicted octanol–water partition coefficient (Wildman–Crippen LogP) is 1.08. The molecule has 1 aromatic carbocycles. The van der Waals surface area contributed by atoms with Crippen LogP contribution in [0.3, 0.4) is 0 Å². The van der Waals surface area contributed by atoms with E-state index in [0.29, 0.717) is 31.9 Å². The number of benzene rings is 1. The number of carbonyl (C=O) groups is 1. The number of aromatic nitrogens is 3. The molecule has 4 rings (SSSR count). The highest BCUT2D eigenvalue weighted by Crippen LogP contribution is 2.17. The lowest BCUT2D eigenvalue weighted by Crippen LogP contribution is -2.50. The fourth-order valence-electron chi connectivity index (χ4n) is 3.45. The lowest BCUT2D eigenvalue weighted by atomic mass is 10.2. The van der Waals surface area contributed by atoms with E-state index in [-0.39, 0.29) is 17.9 Å². The van der Waals surface area contributed by atoms with Crippen molar-refractivity contribution in [2.45, 2.75) is 6.54 Å². The molecule has 0 radical (unpaired) electrons. The van der Waals surface area contributed by atoms with Crippen LogP contribution in [0, 0.1) is 5.82 Å². The Labute approximate surface area is 171 Å². The second kappa shape index (κ2) is 8.32. The number of hydrogen-bond donors (Lipinski definition) is 1. The summed E-state index contributed by atoms with van der Waals surface area (Å²) in [6.45, 7) is 1.92. The van der Waals surface area contributed by atoms with Gasteiger partial charge in [-0.2, -0.15) is 0 Å². The van der Waals surface area contributed by atoms with Crippen molar-refractivity contribution in [3.05, 3.63) is 92.8 Å². The molecule has 1 aliphatic heterocycles. The number of carbonyl (C=O) groups excluding carboxylic acids is 1. The van der Waals surface area contributed by atoms with E-state index >= 15 is 0 Å². The molecule has 3 aromatic rings. The van der Waals surface area contributed by atoms with Crippen molar-refractivity contribution in [2.75, 3.05) is 31.1 Å². The largest absolute Gasteiger partial charge is 0.368 e. The van der Waals surface area contributed by atoms with Crippen molar-refractivity contribution in [3.63, 3.8) is 0 Å². The molecular formula is C21H20FN5O3. The first kappa shape index (κ1) is 19.6. The summed E-state index contributed by atoms with van der Waals surface area (Å²) >= 11 is 0. The van der Waals surface area contributed by atoms with Gasteiger partial charge in [0.25, 0.3) is 11.5 Å². The van der Waals surface area contributed by atoms with Crippen molar-refractivity contribution >= 4 is 11.6 Å². The SMILES string of the molecule is O=C(c1c[nH]c(=O)n(Cc2ccccn2)c1=O)N1CCN(c2ccc(F)cc2)CC1. The third-order valence-corrected chi connectivity index (χ3v) is 5.10. The summed E-state index contributed by atoms with van der Waals surface area (Å²) < 4.78 is 14.1. The molecule has 0 unspecified atom stereocenters. The Bertz CT molecular complexity index is 1150. The smallest absolute Gasteiger partial charge is 0.328 e. The number of H-pyrrole nitrogens is 1. The third kappa shape index (κ3) is 4.00. The number of piperazine rings is 1. The van der Waals surface area contributed by atoms with Crippen LogP contribution >= 0.6 is 0 Å². The molecule has 0 saturated carbocycles. The second-order valence-corrected chi connectivity index (χ2v) is 6.98. The van der Waals surface area contributed by atoms with Crippen LogP contribution in [-0.2, 0) is 6.54 Å². The zero-order valence-electron chi connectivity index (χ0n) is 16.1. The first-order valence-corrected chi connectivity index (χ1v) is 9.55. The number of pyridine rings is 1. The Balaban J connectivity index is 1.50. The maximum absolute atomic E-state index is 13.1. The normalized spacial score (nSPS) is 14.0. The van der Waals surface area contributed by atoms with Crippen LogP contribution in [0.5, 0.6) is 0 Å². The molecule has 1 amide bonds. The van der Waals surface area contributed by atoms with Gasteiger partial charge in [0.2, 0.25) is 0 Å². The number of hydrogen-bond acceptors (Lipinski definition) is 5. The first-order valence-electron chi connectivity index (χ1n) is 9.55. The van der Waals surface area contributed by atoms with E-state index in [1.807, 2.05) is 0 Å². The van der Waals surface area contributed by atoms with Gasteiger partial charge in [0, 0.05) is 44.3 Å². The van der Waals surface area contributed by atoms with Gasteiger partial charge >= 0.3 is 5.69 Å². The molecule has 1 N–H and O–H groups in total. The monoisotopic (exact) mass is 409 g/mol. The Hall–Kier alpha value is -3.75. The number of anilines is 1. The minimum Gasteiger partial charge on any atom is -0.368 e.